The second kappa shape index (κ2) is 4.70. The smallest absolute Gasteiger partial charge is 0.130 e. The molecule has 2 aromatic heterocycles. The monoisotopic (exact) mass is 217 g/mol. The van der Waals surface area contributed by atoms with Gasteiger partial charge in [0.1, 0.15) is 11.6 Å². The lowest BCUT2D eigenvalue weighted by Gasteiger charge is -2.17. The third-order valence-electron chi connectivity index (χ3n) is 2.38. The molecule has 0 amide bonds. The minimum absolute atomic E-state index is 0.788. The predicted molar refractivity (Wildman–Crippen MR) is 64.6 cm³/mol. The van der Waals surface area contributed by atoms with Gasteiger partial charge in [0, 0.05) is 26.2 Å². The third-order valence-corrected chi connectivity index (χ3v) is 2.38. The Balaban J connectivity index is 2.11. The molecule has 0 unspecified atom stereocenters. The summed E-state index contributed by atoms with van der Waals surface area (Å²) < 4.78 is 5.04. The van der Waals surface area contributed by atoms with Crippen molar-refractivity contribution in [2.24, 2.45) is 0 Å². The lowest BCUT2D eigenvalue weighted by atomic mass is 10.3. The van der Waals surface area contributed by atoms with Gasteiger partial charge in [0.2, 0.25) is 0 Å². The van der Waals surface area contributed by atoms with Crippen molar-refractivity contribution in [3.05, 3.63) is 42.4 Å². The van der Waals surface area contributed by atoms with Crippen LogP contribution in [0.1, 0.15) is 5.56 Å². The second-order valence-corrected chi connectivity index (χ2v) is 3.62. The Morgan fingerprint density at radius 1 is 1.38 bits per heavy atom. The fourth-order valence-electron chi connectivity index (χ4n) is 1.51. The van der Waals surface area contributed by atoms with Gasteiger partial charge >= 0.3 is 0 Å². The molecule has 0 aliphatic carbocycles. The van der Waals surface area contributed by atoms with Gasteiger partial charge in [-0.05, 0) is 18.2 Å². The van der Waals surface area contributed by atoms with Gasteiger partial charge in [0.05, 0.1) is 12.5 Å². The van der Waals surface area contributed by atoms with Crippen LogP contribution in [0.15, 0.2) is 41.2 Å². The summed E-state index contributed by atoms with van der Waals surface area (Å²) in [4.78, 5) is 6.53. The number of pyridine rings is 1. The first-order chi connectivity index (χ1) is 7.79. The van der Waals surface area contributed by atoms with Gasteiger partial charge in [0.15, 0.2) is 0 Å². The highest BCUT2D eigenvalue weighted by atomic mass is 16.3. The molecule has 16 heavy (non-hydrogen) atoms. The minimum Gasteiger partial charge on any atom is -0.472 e. The summed E-state index contributed by atoms with van der Waals surface area (Å²) >= 11 is 0. The van der Waals surface area contributed by atoms with Crippen LogP contribution < -0.4 is 10.2 Å². The molecule has 2 heterocycles. The minimum atomic E-state index is 0.788. The Morgan fingerprint density at radius 3 is 2.94 bits per heavy atom. The maximum atomic E-state index is 5.04. The first kappa shape index (κ1) is 10.5. The molecule has 4 nitrogen and oxygen atoms in total. The van der Waals surface area contributed by atoms with Crippen LogP contribution in [0.5, 0.6) is 0 Å². The number of nitrogens with one attached hydrogen (secondary N) is 1. The summed E-state index contributed by atoms with van der Waals surface area (Å²) in [7, 11) is 3.87. The number of furan rings is 1. The van der Waals surface area contributed by atoms with Crippen LogP contribution in [-0.4, -0.2) is 19.1 Å². The number of rotatable bonds is 4. The zero-order valence-electron chi connectivity index (χ0n) is 9.47. The van der Waals surface area contributed by atoms with Crippen LogP contribution >= 0.6 is 0 Å². The molecule has 4 heteroatoms. The standard InChI is InChI=1S/C12H15N3O/c1-13-11-4-3-5-12(14-11)15(2)8-10-6-7-16-9-10/h3-7,9H,8H2,1-2H3,(H,13,14). The number of hydrogen-bond acceptors (Lipinski definition) is 4. The highest BCUT2D eigenvalue weighted by Gasteiger charge is 2.04. The average Bonchev–Trinajstić information content (AvgIpc) is 2.82. The Kier molecular flexibility index (Phi) is 3.10. The van der Waals surface area contributed by atoms with Gasteiger partial charge in [-0.2, -0.15) is 0 Å². The predicted octanol–water partition coefficient (Wildman–Crippen LogP) is 2.35. The first-order valence-corrected chi connectivity index (χ1v) is 5.16. The van der Waals surface area contributed by atoms with E-state index in [1.54, 1.807) is 12.5 Å². The summed E-state index contributed by atoms with van der Waals surface area (Å²) in [5.74, 6) is 1.81. The summed E-state index contributed by atoms with van der Waals surface area (Å²) in [5.41, 5.74) is 1.14. The lowest BCUT2D eigenvalue weighted by molar-refractivity contribution is 0.563. The third kappa shape index (κ3) is 2.34. The molecule has 0 atom stereocenters. The van der Waals surface area contributed by atoms with Crippen LogP contribution in [0.25, 0.3) is 0 Å². The molecule has 0 fully saturated rings. The fraction of sp³-hybridized carbons (Fsp3) is 0.250. The molecule has 0 aromatic carbocycles. The van der Waals surface area contributed by atoms with Crippen molar-refractivity contribution < 1.29 is 4.42 Å². The van der Waals surface area contributed by atoms with E-state index in [1.807, 2.05) is 38.4 Å². The number of nitrogens with zero attached hydrogens (tertiary/aromatic N) is 2. The SMILES string of the molecule is CNc1cccc(N(C)Cc2ccoc2)n1. The van der Waals surface area contributed by atoms with E-state index in [4.69, 9.17) is 4.42 Å². The molecular weight excluding hydrogens is 202 g/mol. The van der Waals surface area contributed by atoms with Crippen molar-refractivity contribution >= 4 is 11.6 Å². The van der Waals surface area contributed by atoms with Gasteiger partial charge in [0.25, 0.3) is 0 Å². The Labute approximate surface area is 94.9 Å². The molecule has 0 aliphatic rings. The van der Waals surface area contributed by atoms with E-state index in [9.17, 15) is 0 Å². The highest BCUT2D eigenvalue weighted by molar-refractivity contribution is 5.46. The summed E-state index contributed by atoms with van der Waals surface area (Å²) in [5, 5.41) is 3.02. The van der Waals surface area contributed by atoms with E-state index >= 15 is 0 Å². The summed E-state index contributed by atoms with van der Waals surface area (Å²) in [6, 6.07) is 7.87. The van der Waals surface area contributed by atoms with Crippen molar-refractivity contribution in [1.82, 2.24) is 4.98 Å². The fourth-order valence-corrected chi connectivity index (χ4v) is 1.51. The molecule has 0 saturated heterocycles. The van der Waals surface area contributed by atoms with Crippen molar-refractivity contribution in [2.75, 3.05) is 24.3 Å². The van der Waals surface area contributed by atoms with E-state index in [0.717, 1.165) is 23.7 Å². The van der Waals surface area contributed by atoms with Gasteiger partial charge in [-0.3, -0.25) is 0 Å². The molecule has 2 rings (SSSR count). The Bertz CT molecular complexity index is 439. The van der Waals surface area contributed by atoms with E-state index in [0.29, 0.717) is 0 Å². The van der Waals surface area contributed by atoms with Crippen molar-refractivity contribution in [1.29, 1.82) is 0 Å². The molecule has 0 spiro atoms. The summed E-state index contributed by atoms with van der Waals surface area (Å²) in [6.45, 7) is 0.788. The van der Waals surface area contributed by atoms with E-state index in [1.165, 1.54) is 0 Å². The molecule has 2 aromatic rings. The molecule has 0 saturated carbocycles. The van der Waals surface area contributed by atoms with Gasteiger partial charge in [-0.25, -0.2) is 4.98 Å². The Hall–Kier alpha value is -1.97. The van der Waals surface area contributed by atoms with E-state index < -0.39 is 0 Å². The molecular formula is C12H15N3O. The molecule has 84 valence electrons. The van der Waals surface area contributed by atoms with Crippen LogP contribution in [0.4, 0.5) is 11.6 Å². The van der Waals surface area contributed by atoms with Crippen LogP contribution in [-0.2, 0) is 6.54 Å². The largest absolute Gasteiger partial charge is 0.472 e. The lowest BCUT2D eigenvalue weighted by Crippen LogP contribution is -2.17. The number of anilines is 2. The second-order valence-electron chi connectivity index (χ2n) is 3.62. The molecule has 0 bridgehead atoms. The number of hydrogen-bond donors (Lipinski definition) is 1. The van der Waals surface area contributed by atoms with Gasteiger partial charge in [-0.15, -0.1) is 0 Å². The van der Waals surface area contributed by atoms with Crippen LogP contribution in [0.2, 0.25) is 0 Å². The summed E-state index contributed by atoms with van der Waals surface area (Å²) in [6.07, 6.45) is 3.43. The number of aromatic nitrogens is 1. The average molecular weight is 217 g/mol. The zero-order valence-corrected chi connectivity index (χ0v) is 9.47. The maximum absolute atomic E-state index is 5.04. The van der Waals surface area contributed by atoms with Crippen molar-refractivity contribution in [3.63, 3.8) is 0 Å². The van der Waals surface area contributed by atoms with Crippen molar-refractivity contribution in [3.8, 4) is 0 Å². The quantitative estimate of drug-likeness (QED) is 0.853. The zero-order chi connectivity index (χ0) is 11.4. The first-order valence-electron chi connectivity index (χ1n) is 5.16. The van der Waals surface area contributed by atoms with Gasteiger partial charge < -0.3 is 14.6 Å². The maximum Gasteiger partial charge on any atom is 0.130 e. The van der Waals surface area contributed by atoms with E-state index in [2.05, 4.69) is 15.2 Å². The highest BCUT2D eigenvalue weighted by Crippen LogP contribution is 2.15. The topological polar surface area (TPSA) is 41.3 Å². The molecule has 0 radical (unpaired) electrons. The van der Waals surface area contributed by atoms with Crippen molar-refractivity contribution in [2.45, 2.75) is 6.54 Å². The van der Waals surface area contributed by atoms with Crippen LogP contribution in [0, 0.1) is 0 Å². The normalized spacial score (nSPS) is 10.1. The van der Waals surface area contributed by atoms with Gasteiger partial charge in [-0.1, -0.05) is 6.07 Å². The molecule has 1 N–H and O–H groups in total. The Morgan fingerprint density at radius 2 is 2.25 bits per heavy atom. The van der Waals surface area contributed by atoms with Crippen LogP contribution in [0.3, 0.4) is 0 Å². The molecule has 0 aliphatic heterocycles. The van der Waals surface area contributed by atoms with E-state index in [-0.39, 0.29) is 0 Å².